The Balaban J connectivity index is 1.44. The van der Waals surface area contributed by atoms with Gasteiger partial charge < -0.3 is 19.4 Å². The molecule has 2 aromatic heterocycles. The summed E-state index contributed by atoms with van der Waals surface area (Å²) in [6.45, 7) is 1.08. The molecule has 0 bridgehead atoms. The van der Waals surface area contributed by atoms with E-state index in [2.05, 4.69) is 15.0 Å². The standard InChI is InChI=1S/C22H19ClN4O3/c1-26-10-7-22(29,21(26)28)19-12-18(30-25-19)15-3-2-4-16(11-15)27-9-6-14-5-8-24-20(23)17(14)13-27/h2-6,8-9,11-12,29H,7,10,13H2,1H3. The highest BCUT2D eigenvalue weighted by atomic mass is 35.5. The number of nitrogens with zero attached hydrogens (tertiary/aromatic N) is 4. The van der Waals surface area contributed by atoms with Gasteiger partial charge in [-0.1, -0.05) is 28.9 Å². The Morgan fingerprint density at radius 1 is 1.27 bits per heavy atom. The minimum atomic E-state index is -1.63. The highest BCUT2D eigenvalue weighted by Gasteiger charge is 2.47. The molecule has 1 fully saturated rings. The van der Waals surface area contributed by atoms with Gasteiger partial charge in [0, 0.05) is 55.3 Å². The van der Waals surface area contributed by atoms with E-state index in [1.165, 1.54) is 4.90 Å². The summed E-state index contributed by atoms with van der Waals surface area (Å²) in [5, 5.41) is 15.3. The summed E-state index contributed by atoms with van der Waals surface area (Å²) < 4.78 is 5.48. The van der Waals surface area contributed by atoms with Crippen molar-refractivity contribution in [3.63, 3.8) is 0 Å². The van der Waals surface area contributed by atoms with Gasteiger partial charge in [-0.25, -0.2) is 4.98 Å². The van der Waals surface area contributed by atoms with Crippen LogP contribution in [0, 0.1) is 0 Å². The van der Waals surface area contributed by atoms with Crippen molar-refractivity contribution in [1.82, 2.24) is 15.0 Å². The van der Waals surface area contributed by atoms with Gasteiger partial charge >= 0.3 is 0 Å². The average molecular weight is 423 g/mol. The molecule has 1 N–H and O–H groups in total. The maximum Gasteiger partial charge on any atom is 0.260 e. The van der Waals surface area contributed by atoms with E-state index in [4.69, 9.17) is 16.1 Å². The number of hydrogen-bond acceptors (Lipinski definition) is 6. The molecule has 2 aliphatic heterocycles. The normalized spacial score (nSPS) is 20.7. The molecule has 0 radical (unpaired) electrons. The van der Waals surface area contributed by atoms with Crippen LogP contribution in [0.3, 0.4) is 0 Å². The van der Waals surface area contributed by atoms with Gasteiger partial charge in [-0.2, -0.15) is 0 Å². The zero-order valence-corrected chi connectivity index (χ0v) is 17.0. The second kappa shape index (κ2) is 6.97. The van der Waals surface area contributed by atoms with E-state index >= 15 is 0 Å². The number of likely N-dealkylation sites (N-methyl/N-ethyl adjacent to an activating group) is 1. The van der Waals surface area contributed by atoms with Crippen LogP contribution in [0.2, 0.25) is 5.15 Å². The minimum absolute atomic E-state index is 0.238. The zero-order chi connectivity index (χ0) is 20.9. The lowest BCUT2D eigenvalue weighted by Gasteiger charge is -2.26. The summed E-state index contributed by atoms with van der Waals surface area (Å²) in [5.41, 5.74) is 2.38. The Bertz CT molecular complexity index is 1170. The molecule has 0 spiro atoms. The number of benzene rings is 1. The predicted molar refractivity (Wildman–Crippen MR) is 113 cm³/mol. The molecule has 1 aromatic carbocycles. The Labute approximate surface area is 178 Å². The van der Waals surface area contributed by atoms with Crippen molar-refractivity contribution in [2.75, 3.05) is 18.5 Å². The topological polar surface area (TPSA) is 82.7 Å². The predicted octanol–water partition coefficient (Wildman–Crippen LogP) is 3.43. The molecule has 4 heterocycles. The number of carbonyl (C=O) groups is 1. The smallest absolute Gasteiger partial charge is 0.260 e. The fraction of sp³-hybridized carbons (Fsp3) is 0.227. The van der Waals surface area contributed by atoms with E-state index < -0.39 is 5.60 Å². The zero-order valence-electron chi connectivity index (χ0n) is 16.2. The van der Waals surface area contributed by atoms with Crippen LogP contribution in [-0.4, -0.2) is 39.6 Å². The number of anilines is 1. The summed E-state index contributed by atoms with van der Waals surface area (Å²) in [6, 6.07) is 11.4. The van der Waals surface area contributed by atoms with Crippen LogP contribution in [0.1, 0.15) is 23.2 Å². The second-order valence-electron chi connectivity index (χ2n) is 7.58. The number of rotatable bonds is 3. The molecule has 7 nitrogen and oxygen atoms in total. The molecule has 30 heavy (non-hydrogen) atoms. The van der Waals surface area contributed by atoms with Crippen LogP contribution in [0.15, 0.2) is 53.3 Å². The Kier molecular flexibility index (Phi) is 4.38. The highest BCUT2D eigenvalue weighted by Crippen LogP contribution is 2.35. The van der Waals surface area contributed by atoms with Gasteiger partial charge in [-0.05, 0) is 29.8 Å². The molecule has 3 aromatic rings. The van der Waals surface area contributed by atoms with Crippen molar-refractivity contribution in [1.29, 1.82) is 0 Å². The summed E-state index contributed by atoms with van der Waals surface area (Å²) >= 11 is 6.27. The van der Waals surface area contributed by atoms with Crippen LogP contribution >= 0.6 is 11.6 Å². The summed E-state index contributed by atoms with van der Waals surface area (Å²) in [4.78, 5) is 20.1. The van der Waals surface area contributed by atoms with Crippen molar-refractivity contribution in [3.05, 3.63) is 70.8 Å². The van der Waals surface area contributed by atoms with E-state index in [1.54, 1.807) is 19.3 Å². The molecule has 152 valence electrons. The lowest BCUT2D eigenvalue weighted by atomic mass is 9.97. The van der Waals surface area contributed by atoms with Crippen LogP contribution in [0.5, 0.6) is 0 Å². The largest absolute Gasteiger partial charge is 0.374 e. The number of aliphatic hydroxyl groups is 1. The maximum absolute atomic E-state index is 12.3. The van der Waals surface area contributed by atoms with Crippen molar-refractivity contribution in [3.8, 4) is 11.3 Å². The third-order valence-electron chi connectivity index (χ3n) is 5.71. The number of pyridine rings is 1. The number of halogens is 1. The van der Waals surface area contributed by atoms with Crippen molar-refractivity contribution in [2.24, 2.45) is 0 Å². The van der Waals surface area contributed by atoms with Gasteiger partial charge in [-0.15, -0.1) is 0 Å². The number of fused-ring (bicyclic) bond motifs is 1. The fourth-order valence-electron chi connectivity index (χ4n) is 3.90. The third kappa shape index (κ3) is 2.98. The number of likely N-dealkylation sites (tertiary alicyclic amines) is 1. The molecule has 8 heteroatoms. The van der Waals surface area contributed by atoms with E-state index in [-0.39, 0.29) is 11.6 Å². The first-order valence-electron chi connectivity index (χ1n) is 9.59. The molecule has 1 saturated heterocycles. The molecule has 0 aliphatic carbocycles. The molecular weight excluding hydrogens is 404 g/mol. The molecule has 5 rings (SSSR count). The first-order chi connectivity index (χ1) is 14.5. The lowest BCUT2D eigenvalue weighted by molar-refractivity contribution is -0.143. The van der Waals surface area contributed by atoms with Gasteiger partial charge in [-0.3, -0.25) is 4.79 Å². The Morgan fingerprint density at radius 2 is 2.13 bits per heavy atom. The highest BCUT2D eigenvalue weighted by molar-refractivity contribution is 6.30. The molecular formula is C22H19ClN4O3. The number of amides is 1. The number of carbonyl (C=O) groups excluding carboxylic acids is 1. The van der Waals surface area contributed by atoms with Crippen molar-refractivity contribution >= 4 is 29.3 Å². The minimum Gasteiger partial charge on any atom is -0.374 e. The van der Waals surface area contributed by atoms with Gasteiger partial charge in [0.1, 0.15) is 10.8 Å². The first-order valence-corrected chi connectivity index (χ1v) is 9.97. The van der Waals surface area contributed by atoms with Gasteiger partial charge in [0.05, 0.1) is 6.54 Å². The van der Waals surface area contributed by atoms with Crippen LogP contribution in [0.25, 0.3) is 17.4 Å². The quantitative estimate of drug-likeness (QED) is 0.651. The SMILES string of the molecule is CN1CCC(O)(c2cc(-c3cccc(N4C=Cc5ccnc(Cl)c5C4)c3)on2)C1=O. The van der Waals surface area contributed by atoms with E-state index in [0.717, 1.165) is 22.4 Å². The molecule has 1 amide bonds. The van der Waals surface area contributed by atoms with E-state index in [1.807, 2.05) is 42.6 Å². The van der Waals surface area contributed by atoms with Gasteiger partial charge in [0.25, 0.3) is 5.91 Å². The lowest BCUT2D eigenvalue weighted by Crippen LogP contribution is -2.36. The monoisotopic (exact) mass is 422 g/mol. The molecule has 2 aliphatic rings. The van der Waals surface area contributed by atoms with Crippen LogP contribution < -0.4 is 4.90 Å². The number of hydrogen-bond donors (Lipinski definition) is 1. The first kappa shape index (κ1) is 18.8. The summed E-state index contributed by atoms with van der Waals surface area (Å²) in [7, 11) is 1.66. The molecule has 0 saturated carbocycles. The van der Waals surface area contributed by atoms with E-state index in [0.29, 0.717) is 30.4 Å². The van der Waals surface area contributed by atoms with Crippen molar-refractivity contribution < 1.29 is 14.4 Å². The summed E-state index contributed by atoms with van der Waals surface area (Å²) in [6.07, 6.45) is 5.99. The molecule has 1 unspecified atom stereocenters. The average Bonchev–Trinajstić information content (AvgIpc) is 3.37. The Hall–Kier alpha value is -3.16. The van der Waals surface area contributed by atoms with Crippen LogP contribution in [0.4, 0.5) is 5.69 Å². The Morgan fingerprint density at radius 3 is 2.93 bits per heavy atom. The van der Waals surface area contributed by atoms with Crippen LogP contribution in [-0.2, 0) is 16.9 Å². The fourth-order valence-corrected chi connectivity index (χ4v) is 4.12. The third-order valence-corrected chi connectivity index (χ3v) is 6.03. The number of aromatic nitrogens is 2. The van der Waals surface area contributed by atoms with Crippen molar-refractivity contribution in [2.45, 2.75) is 18.6 Å². The van der Waals surface area contributed by atoms with Gasteiger partial charge in [0.15, 0.2) is 11.4 Å². The maximum atomic E-state index is 12.3. The molecule has 1 atom stereocenters. The summed E-state index contributed by atoms with van der Waals surface area (Å²) in [5.74, 6) is 0.127. The van der Waals surface area contributed by atoms with E-state index in [9.17, 15) is 9.90 Å². The van der Waals surface area contributed by atoms with Gasteiger partial charge in [0.2, 0.25) is 0 Å². The second-order valence-corrected chi connectivity index (χ2v) is 7.93.